The van der Waals surface area contributed by atoms with Crippen LogP contribution in [0.2, 0.25) is 39.3 Å². The SMILES string of the molecule is CCCCC(CC)CN1C(=O)/C(=C2/C(=O)N(CC(CC)CCCC)c3c2sc(C#C[Si](C)(C)C)c3Br)c2sc(C#C[Si](C)(C)C)c(Br)c21.CCCCC(CC)CN1C(=O)/C(=C2/C(=O)N(CC(CC)CCCC)c3c2sc(I)c3Br)c2sc(I)c(Br)c21. The number of rotatable bonds is 24. The van der Waals surface area contributed by atoms with Gasteiger partial charge in [0.25, 0.3) is 23.6 Å². The van der Waals surface area contributed by atoms with Crippen LogP contribution < -0.4 is 19.6 Å². The largest absolute Gasteiger partial charge is 0.305 e. The normalized spacial score (nSPS) is 17.8. The summed E-state index contributed by atoms with van der Waals surface area (Å²) in [6.07, 6.45) is 17.6. The third kappa shape index (κ3) is 16.0. The molecule has 8 nitrogen and oxygen atoms in total. The summed E-state index contributed by atoms with van der Waals surface area (Å²) in [5, 5.41) is 0. The van der Waals surface area contributed by atoms with Crippen molar-refractivity contribution in [2.45, 2.75) is 197 Å². The summed E-state index contributed by atoms with van der Waals surface area (Å²) in [4.78, 5) is 71.3. The smallest absolute Gasteiger partial charge is 0.260 e. The summed E-state index contributed by atoms with van der Waals surface area (Å²) >= 11 is 26.5. The van der Waals surface area contributed by atoms with Crippen LogP contribution in [0.4, 0.5) is 22.7 Å². The molecular weight excluding hydrogens is 1670 g/mol. The molecule has 0 fully saturated rings. The standard InChI is InChI=1S/C38H52Br2N2O2S2Si2.C28H34Br2I2N2O2S2/c1-11-15-17-25(13-3)23-41-33-31(39)27(19-21-47(5,6)7)45-35(33)29(37(41)43)30-36-34(32(40)28(46-36)20-22-48(8,9)10)42(38(30)44)24-26(14-4)18-16-12-2;1-5-9-11-15(7-3)13-33-21-19(29)25(31)37-23(21)17(27(33)35)18-24-22(20(30)26(32)38-24)34(28(18)36)14-16(8-4)12-10-6-2/h25-26H,11-18,23-24H2,1-10H3;15-16H,5-14H2,1-4H3/b30-29+;18-17+. The maximum atomic E-state index is 14.8. The van der Waals surface area contributed by atoms with Crippen molar-refractivity contribution in [3.63, 3.8) is 0 Å². The van der Waals surface area contributed by atoms with E-state index < -0.39 is 16.1 Å². The van der Waals surface area contributed by atoms with Gasteiger partial charge in [0.1, 0.15) is 16.1 Å². The highest BCUT2D eigenvalue weighted by Gasteiger charge is 2.49. The van der Waals surface area contributed by atoms with Crippen LogP contribution in [0, 0.1) is 52.4 Å². The predicted octanol–water partition coefficient (Wildman–Crippen LogP) is 22.4. The quantitative estimate of drug-likeness (QED) is 0.0303. The number of anilines is 4. The van der Waals surface area contributed by atoms with Gasteiger partial charge >= 0.3 is 0 Å². The molecule has 4 aliphatic rings. The van der Waals surface area contributed by atoms with Crippen LogP contribution in [0.25, 0.3) is 22.3 Å². The van der Waals surface area contributed by atoms with Gasteiger partial charge in [0, 0.05) is 26.2 Å². The van der Waals surface area contributed by atoms with Crippen LogP contribution in [-0.4, -0.2) is 66.0 Å². The summed E-state index contributed by atoms with van der Waals surface area (Å²) < 4.78 is 5.93. The third-order valence-corrected chi connectivity index (χ3v) is 30.6. The molecule has 8 heterocycles. The van der Waals surface area contributed by atoms with E-state index in [1.165, 1.54) is 12.8 Å². The van der Waals surface area contributed by atoms with Crippen LogP contribution in [-0.2, 0) is 19.2 Å². The predicted molar refractivity (Wildman–Crippen MR) is 410 cm³/mol. The molecule has 8 rings (SSSR count). The molecule has 0 saturated carbocycles. The van der Waals surface area contributed by atoms with E-state index in [0.717, 1.165) is 166 Å². The van der Waals surface area contributed by atoms with Crippen LogP contribution in [0.5, 0.6) is 0 Å². The monoisotopic (exact) mass is 1750 g/mol. The van der Waals surface area contributed by atoms with E-state index in [2.05, 4.69) is 227 Å². The van der Waals surface area contributed by atoms with E-state index in [-0.39, 0.29) is 23.6 Å². The van der Waals surface area contributed by atoms with E-state index in [1.54, 1.807) is 45.3 Å². The fourth-order valence-electron chi connectivity index (χ4n) is 11.5. The minimum atomic E-state index is -1.65. The van der Waals surface area contributed by atoms with Gasteiger partial charge in [0.15, 0.2) is 0 Å². The average molecular weight is 1760 g/mol. The molecule has 0 saturated heterocycles. The molecule has 4 unspecified atom stereocenters. The van der Waals surface area contributed by atoms with Crippen LogP contribution >= 0.6 is 154 Å². The Morgan fingerprint density at radius 1 is 0.395 bits per heavy atom. The maximum absolute atomic E-state index is 14.8. The van der Waals surface area contributed by atoms with Crippen molar-refractivity contribution < 1.29 is 19.2 Å². The molecule has 0 aliphatic carbocycles. The van der Waals surface area contributed by atoms with Gasteiger partial charge in [-0.2, -0.15) is 0 Å². The second-order valence-corrected chi connectivity index (χ2v) is 45.8. The highest BCUT2D eigenvalue weighted by Crippen LogP contribution is 2.59. The maximum Gasteiger partial charge on any atom is 0.260 e. The van der Waals surface area contributed by atoms with Crippen molar-refractivity contribution >= 4 is 239 Å². The van der Waals surface area contributed by atoms with Crippen molar-refractivity contribution in [2.75, 3.05) is 45.8 Å². The van der Waals surface area contributed by atoms with E-state index >= 15 is 0 Å². The molecule has 20 heteroatoms. The summed E-state index contributed by atoms with van der Waals surface area (Å²) in [5.74, 6) is 8.41. The first-order valence-electron chi connectivity index (χ1n) is 31.2. The van der Waals surface area contributed by atoms with Gasteiger partial charge in [-0.3, -0.25) is 19.2 Å². The lowest BCUT2D eigenvalue weighted by atomic mass is 9.98. The zero-order valence-corrected chi connectivity index (χ0v) is 68.7. The number of hydrogen-bond acceptors (Lipinski definition) is 8. The minimum absolute atomic E-state index is 0.0213. The molecule has 86 heavy (non-hydrogen) atoms. The Morgan fingerprint density at radius 2 is 0.628 bits per heavy atom. The molecule has 4 atom stereocenters. The Kier molecular flexibility index (Phi) is 26.8. The molecule has 0 N–H and O–H groups in total. The van der Waals surface area contributed by atoms with E-state index in [0.29, 0.717) is 72.1 Å². The summed E-state index contributed by atoms with van der Waals surface area (Å²) in [7, 11) is -3.29. The molecule has 0 radical (unpaired) electrons. The average Bonchev–Trinajstić information content (AvgIpc) is 1.65. The number of carbonyl (C=O) groups excluding carboxylic acids is 4. The van der Waals surface area contributed by atoms with Crippen molar-refractivity contribution in [1.29, 1.82) is 0 Å². The Hall–Kier alpha value is -0.906. The number of unbranched alkanes of at least 4 members (excludes halogenated alkanes) is 4. The number of carbonyl (C=O) groups is 4. The Labute approximate surface area is 593 Å². The van der Waals surface area contributed by atoms with Crippen LogP contribution in [0.15, 0.2) is 17.9 Å². The second-order valence-electron chi connectivity index (χ2n) is 25.4. The molecule has 4 aliphatic heterocycles. The molecule has 4 aromatic heterocycles. The lowest BCUT2D eigenvalue weighted by Crippen LogP contribution is -2.34. The van der Waals surface area contributed by atoms with Gasteiger partial charge in [-0.05, 0) is 158 Å². The minimum Gasteiger partial charge on any atom is -0.305 e. The molecule has 4 aromatic rings. The lowest BCUT2D eigenvalue weighted by molar-refractivity contribution is -0.114. The number of nitrogens with zero attached hydrogens (tertiary/aromatic N) is 4. The molecular formula is C66H86Br4I2N4O4S4Si2. The molecule has 0 spiro atoms. The van der Waals surface area contributed by atoms with Gasteiger partial charge in [-0.1, -0.05) is 184 Å². The van der Waals surface area contributed by atoms with Crippen LogP contribution in [0.1, 0.15) is 187 Å². The zero-order chi connectivity index (χ0) is 63.3. The molecule has 4 amide bonds. The Morgan fingerprint density at radius 3 is 0.849 bits per heavy atom. The first kappa shape index (κ1) is 72.5. The number of halogens is 6. The summed E-state index contributed by atoms with van der Waals surface area (Å²) in [6, 6.07) is 0. The topological polar surface area (TPSA) is 81.2 Å². The van der Waals surface area contributed by atoms with Gasteiger partial charge in [-0.25, -0.2) is 0 Å². The van der Waals surface area contributed by atoms with E-state index in [1.807, 2.05) is 19.6 Å². The molecule has 0 bridgehead atoms. The Bertz CT molecular complexity index is 3180. The van der Waals surface area contributed by atoms with Crippen molar-refractivity contribution in [3.05, 3.63) is 52.9 Å². The number of fused-ring (bicyclic) bond motifs is 4. The first-order valence-corrected chi connectivity index (χ1v) is 46.8. The van der Waals surface area contributed by atoms with Gasteiger partial charge in [0.2, 0.25) is 0 Å². The molecule has 468 valence electrons. The van der Waals surface area contributed by atoms with Crippen molar-refractivity contribution in [3.8, 4) is 22.9 Å². The summed E-state index contributed by atoms with van der Waals surface area (Å²) in [6.45, 7) is 33.8. The third-order valence-electron chi connectivity index (χ3n) is 16.6. The van der Waals surface area contributed by atoms with Crippen LogP contribution in [0.3, 0.4) is 0 Å². The van der Waals surface area contributed by atoms with Gasteiger partial charge in [-0.15, -0.1) is 56.4 Å². The number of amides is 4. The number of thiophene rings is 4. The zero-order valence-electron chi connectivity index (χ0n) is 52.8. The van der Waals surface area contributed by atoms with E-state index in [4.69, 9.17) is 0 Å². The fraction of sp³-hybridized carbons (Fsp3) is 0.576. The first-order chi connectivity index (χ1) is 40.8. The lowest BCUT2D eigenvalue weighted by Gasteiger charge is -2.24. The number of hydrogen-bond donors (Lipinski definition) is 0. The van der Waals surface area contributed by atoms with Crippen molar-refractivity contribution in [1.82, 2.24) is 0 Å². The van der Waals surface area contributed by atoms with Gasteiger partial charge < -0.3 is 19.6 Å². The fourth-order valence-corrected chi connectivity index (χ4v) is 21.9. The Balaban J connectivity index is 0.000000253. The summed E-state index contributed by atoms with van der Waals surface area (Å²) in [5.41, 5.74) is 13.0. The van der Waals surface area contributed by atoms with Gasteiger partial charge in [0.05, 0.1) is 98.0 Å². The van der Waals surface area contributed by atoms with E-state index in [9.17, 15) is 19.2 Å². The van der Waals surface area contributed by atoms with Crippen molar-refractivity contribution in [2.24, 2.45) is 23.7 Å². The molecule has 0 aromatic carbocycles. The highest BCUT2D eigenvalue weighted by atomic mass is 127. The second kappa shape index (κ2) is 31.8. The highest BCUT2D eigenvalue weighted by molar-refractivity contribution is 14.1.